The van der Waals surface area contributed by atoms with E-state index in [2.05, 4.69) is 19.2 Å². The van der Waals surface area contributed by atoms with Gasteiger partial charge in [0, 0.05) is 12.2 Å². The summed E-state index contributed by atoms with van der Waals surface area (Å²) in [6.07, 6.45) is 0.900. The maximum atomic E-state index is 12.7. The fourth-order valence-corrected chi connectivity index (χ4v) is 4.04. The van der Waals surface area contributed by atoms with Gasteiger partial charge in [0.25, 0.3) is 0 Å². The van der Waals surface area contributed by atoms with E-state index in [0.29, 0.717) is 36.9 Å². The molecule has 0 spiro atoms. The monoisotopic (exact) mass is 396 g/mol. The maximum Gasteiger partial charge on any atom is 0.322 e. The van der Waals surface area contributed by atoms with Gasteiger partial charge in [0.2, 0.25) is 0 Å². The van der Waals surface area contributed by atoms with Crippen LogP contribution in [0.4, 0.5) is 10.5 Å². The summed E-state index contributed by atoms with van der Waals surface area (Å²) in [5, 5.41) is 2.92. The number of rotatable bonds is 5. The molecule has 27 heavy (non-hydrogen) atoms. The number of carbonyl (C=O) groups excluding carboxylic acids is 1. The van der Waals surface area contributed by atoms with Crippen molar-refractivity contribution in [1.29, 1.82) is 0 Å². The third kappa shape index (κ3) is 5.94. The number of carbonyl (C=O) groups is 1. The Balaban J connectivity index is 2.02. The summed E-state index contributed by atoms with van der Waals surface area (Å²) in [5.41, 5.74) is 1.37. The third-order valence-corrected chi connectivity index (χ3v) is 7.31. The number of hydrogen-bond donors (Lipinski definition) is 1. The average Bonchev–Trinajstić information content (AvgIpc) is 2.55. The highest BCUT2D eigenvalue weighted by atomic mass is 32.2. The Morgan fingerprint density at radius 2 is 1.89 bits per heavy atom. The van der Waals surface area contributed by atoms with Gasteiger partial charge in [-0.3, -0.25) is 0 Å². The molecule has 152 valence electrons. The Bertz CT molecular complexity index is 736. The highest BCUT2D eigenvalue weighted by Crippen LogP contribution is 2.22. The van der Waals surface area contributed by atoms with Gasteiger partial charge in [0.15, 0.2) is 9.84 Å². The van der Waals surface area contributed by atoms with Crippen molar-refractivity contribution in [2.24, 2.45) is 5.92 Å². The number of nitrogens with one attached hydrogen (secondary N) is 1. The van der Waals surface area contributed by atoms with Crippen molar-refractivity contribution in [1.82, 2.24) is 4.90 Å². The van der Waals surface area contributed by atoms with Gasteiger partial charge >= 0.3 is 6.03 Å². The van der Waals surface area contributed by atoms with E-state index in [1.807, 2.05) is 4.90 Å². The zero-order valence-electron chi connectivity index (χ0n) is 17.0. The predicted molar refractivity (Wildman–Crippen MR) is 109 cm³/mol. The largest absolute Gasteiger partial charge is 0.377 e. The summed E-state index contributed by atoms with van der Waals surface area (Å²) in [6, 6.07) is 6.95. The van der Waals surface area contributed by atoms with Crippen LogP contribution in [-0.4, -0.2) is 49.9 Å². The van der Waals surface area contributed by atoms with E-state index in [1.54, 1.807) is 45.0 Å². The lowest BCUT2D eigenvalue weighted by atomic mass is 10.0. The molecule has 1 N–H and O–H groups in total. The Morgan fingerprint density at radius 1 is 1.26 bits per heavy atom. The molecular formula is C20H32N2O4S. The smallest absolute Gasteiger partial charge is 0.322 e. The van der Waals surface area contributed by atoms with Crippen molar-refractivity contribution in [2.45, 2.75) is 57.6 Å². The van der Waals surface area contributed by atoms with E-state index in [0.717, 1.165) is 6.42 Å². The van der Waals surface area contributed by atoms with E-state index >= 15 is 0 Å². The molecule has 0 unspecified atom stereocenters. The topological polar surface area (TPSA) is 75.7 Å². The van der Waals surface area contributed by atoms with Crippen molar-refractivity contribution in [3.05, 3.63) is 29.8 Å². The minimum atomic E-state index is -3.23. The van der Waals surface area contributed by atoms with Crippen molar-refractivity contribution in [2.75, 3.05) is 25.1 Å². The molecule has 1 aromatic rings. The van der Waals surface area contributed by atoms with E-state index in [4.69, 9.17) is 4.74 Å². The molecule has 1 aromatic carbocycles. The molecule has 6 nitrogen and oxygen atoms in total. The lowest BCUT2D eigenvalue weighted by Gasteiger charge is -2.36. The molecule has 1 heterocycles. The zero-order valence-corrected chi connectivity index (χ0v) is 17.8. The molecule has 1 atom stereocenters. The van der Waals surface area contributed by atoms with Gasteiger partial charge in [0.05, 0.1) is 29.8 Å². The number of ether oxygens (including phenoxy) is 1. The van der Waals surface area contributed by atoms with Crippen LogP contribution < -0.4 is 5.32 Å². The minimum Gasteiger partial charge on any atom is -0.377 e. The minimum absolute atomic E-state index is 0.00927. The van der Waals surface area contributed by atoms with Gasteiger partial charge in [-0.25, -0.2) is 13.2 Å². The van der Waals surface area contributed by atoms with E-state index in [-0.39, 0.29) is 17.8 Å². The summed E-state index contributed by atoms with van der Waals surface area (Å²) in [6.45, 7) is 11.1. The van der Waals surface area contributed by atoms with E-state index < -0.39 is 14.6 Å². The molecule has 1 fully saturated rings. The molecule has 0 bridgehead atoms. The van der Waals surface area contributed by atoms with Crippen LogP contribution in [0, 0.1) is 5.92 Å². The second-order valence-corrected chi connectivity index (χ2v) is 11.3. The van der Waals surface area contributed by atoms with Gasteiger partial charge in [-0.2, -0.15) is 0 Å². The number of anilines is 1. The second-order valence-electron chi connectivity index (χ2n) is 8.55. The van der Waals surface area contributed by atoms with Crippen LogP contribution in [0.15, 0.2) is 24.3 Å². The van der Waals surface area contributed by atoms with Gasteiger partial charge in [0.1, 0.15) is 0 Å². The first-order valence-electron chi connectivity index (χ1n) is 9.46. The molecule has 0 aromatic heterocycles. The van der Waals surface area contributed by atoms with Crippen LogP contribution >= 0.6 is 0 Å². The first-order chi connectivity index (χ1) is 12.5. The number of amides is 2. The van der Waals surface area contributed by atoms with Crippen LogP contribution in [0.5, 0.6) is 0 Å². The predicted octanol–water partition coefficient (Wildman–Crippen LogP) is 3.68. The fourth-order valence-electron chi connectivity index (χ4n) is 2.98. The highest BCUT2D eigenvalue weighted by Gasteiger charge is 2.29. The first kappa shape index (κ1) is 21.7. The van der Waals surface area contributed by atoms with Crippen LogP contribution in [0.2, 0.25) is 0 Å². The normalized spacial score (nSPS) is 18.6. The Labute approximate surface area is 163 Å². The van der Waals surface area contributed by atoms with Gasteiger partial charge in [-0.1, -0.05) is 26.0 Å². The number of hydrogen-bond acceptors (Lipinski definition) is 4. The van der Waals surface area contributed by atoms with Gasteiger partial charge in [-0.15, -0.1) is 0 Å². The molecule has 1 aliphatic heterocycles. The van der Waals surface area contributed by atoms with Crippen LogP contribution in [0.3, 0.4) is 0 Å². The van der Waals surface area contributed by atoms with Crippen molar-refractivity contribution in [3.8, 4) is 0 Å². The Kier molecular flexibility index (Phi) is 6.92. The van der Waals surface area contributed by atoms with E-state index in [1.165, 1.54) is 0 Å². The lowest BCUT2D eigenvalue weighted by Crippen LogP contribution is -2.50. The van der Waals surface area contributed by atoms with Crippen molar-refractivity contribution in [3.63, 3.8) is 0 Å². The molecular weight excluding hydrogens is 364 g/mol. The lowest BCUT2D eigenvalue weighted by molar-refractivity contribution is 0.00857. The summed E-state index contributed by atoms with van der Waals surface area (Å²) >= 11 is 0. The van der Waals surface area contributed by atoms with Crippen molar-refractivity contribution < 1.29 is 17.9 Å². The number of sulfone groups is 1. The molecule has 2 amide bonds. The summed E-state index contributed by atoms with van der Waals surface area (Å²) < 4.78 is 29.4. The third-order valence-electron chi connectivity index (χ3n) is 4.73. The molecule has 7 heteroatoms. The quantitative estimate of drug-likeness (QED) is 0.824. The van der Waals surface area contributed by atoms with E-state index in [9.17, 15) is 13.2 Å². The average molecular weight is 397 g/mol. The second kappa shape index (κ2) is 8.61. The Morgan fingerprint density at radius 3 is 2.44 bits per heavy atom. The standard InChI is InChI=1S/C20H32N2O4S/c1-15(2)12-18-13-26-11-10-22(18)19(23)21-17-8-6-16(7-9-17)14-27(24,25)20(3,4)5/h6-9,15,18H,10-14H2,1-5H3,(H,21,23)/t18-/m0/s1. The maximum absolute atomic E-state index is 12.7. The molecule has 1 saturated heterocycles. The molecule has 0 radical (unpaired) electrons. The number of morpholine rings is 1. The van der Waals surface area contributed by atoms with Gasteiger partial charge < -0.3 is 15.0 Å². The zero-order chi connectivity index (χ0) is 20.2. The summed E-state index contributed by atoms with van der Waals surface area (Å²) in [4.78, 5) is 14.5. The number of benzene rings is 1. The summed E-state index contributed by atoms with van der Waals surface area (Å²) in [5.74, 6) is 0.473. The Hall–Kier alpha value is -1.60. The molecule has 1 aliphatic rings. The van der Waals surface area contributed by atoms with Crippen molar-refractivity contribution >= 4 is 21.6 Å². The first-order valence-corrected chi connectivity index (χ1v) is 11.1. The molecule has 0 aliphatic carbocycles. The SMILES string of the molecule is CC(C)C[C@H]1COCCN1C(=O)Nc1ccc(CS(=O)(=O)C(C)(C)C)cc1. The van der Waals surface area contributed by atoms with Crippen LogP contribution in [0.1, 0.15) is 46.6 Å². The van der Waals surface area contributed by atoms with Crippen LogP contribution in [0.25, 0.3) is 0 Å². The van der Waals surface area contributed by atoms with Crippen LogP contribution in [-0.2, 0) is 20.3 Å². The fraction of sp³-hybridized carbons (Fsp3) is 0.650. The molecule has 0 saturated carbocycles. The number of urea groups is 1. The van der Waals surface area contributed by atoms with Gasteiger partial charge in [-0.05, 0) is 50.8 Å². The highest BCUT2D eigenvalue weighted by molar-refractivity contribution is 7.91. The summed E-state index contributed by atoms with van der Waals surface area (Å²) in [7, 11) is -3.23. The molecule has 2 rings (SSSR count). The number of nitrogens with zero attached hydrogens (tertiary/aromatic N) is 1.